The van der Waals surface area contributed by atoms with Crippen molar-refractivity contribution in [2.75, 3.05) is 22.9 Å². The van der Waals surface area contributed by atoms with Crippen LogP contribution in [0.4, 0.5) is 26.5 Å². The molecule has 5 N–H and O–H groups in total. The quantitative estimate of drug-likeness (QED) is 0.324. The number of aromatic nitrogens is 3. The van der Waals surface area contributed by atoms with Gasteiger partial charge in [0.05, 0.1) is 16.8 Å². The summed E-state index contributed by atoms with van der Waals surface area (Å²) in [5.74, 6) is 5.69. The van der Waals surface area contributed by atoms with Crippen molar-refractivity contribution in [2.24, 2.45) is 7.05 Å². The molecule has 0 spiro atoms. The topological polar surface area (TPSA) is 127 Å². The number of amides is 3. The molecule has 10 heteroatoms. The van der Waals surface area contributed by atoms with Gasteiger partial charge in [0.1, 0.15) is 11.5 Å². The summed E-state index contributed by atoms with van der Waals surface area (Å²) in [6, 6.07) is 13.9. The minimum Gasteiger partial charge on any atom is -0.368 e. The number of benzene rings is 2. The second kappa shape index (κ2) is 9.83. The van der Waals surface area contributed by atoms with Gasteiger partial charge in [-0.05, 0) is 42.5 Å². The lowest BCUT2D eigenvalue weighted by Gasteiger charge is -2.14. The van der Waals surface area contributed by atoms with Gasteiger partial charge >= 0.3 is 6.03 Å². The Balaban J connectivity index is 1.40. The Morgan fingerprint density at radius 1 is 1.11 bits per heavy atom. The summed E-state index contributed by atoms with van der Waals surface area (Å²) in [6.07, 6.45) is 2.26. The third-order valence-electron chi connectivity index (χ3n) is 5.84. The van der Waals surface area contributed by atoms with Gasteiger partial charge in [-0.1, -0.05) is 24.0 Å². The highest BCUT2D eigenvalue weighted by Crippen LogP contribution is 2.28. The van der Waals surface area contributed by atoms with Crippen LogP contribution in [0.3, 0.4) is 0 Å². The minimum absolute atomic E-state index is 0.0969. The number of hydrogen-bond donors (Lipinski definition) is 4. The molecule has 0 saturated heterocycles. The monoisotopic (exact) mass is 495 g/mol. The molecule has 184 valence electrons. The molecule has 4 aromatic rings. The van der Waals surface area contributed by atoms with Crippen LogP contribution >= 0.6 is 0 Å². The molecule has 0 radical (unpaired) electrons. The van der Waals surface area contributed by atoms with Gasteiger partial charge < -0.3 is 26.3 Å². The molecule has 0 atom stereocenters. The summed E-state index contributed by atoms with van der Waals surface area (Å²) in [5, 5.41) is 8.14. The number of urea groups is 1. The number of nitrogen functional groups attached to an aromatic ring is 1. The Bertz CT molecular complexity index is 1600. The maximum Gasteiger partial charge on any atom is 0.323 e. The molecule has 1 aliphatic rings. The Morgan fingerprint density at radius 2 is 1.86 bits per heavy atom. The lowest BCUT2D eigenvalue weighted by Crippen LogP contribution is -2.31. The largest absolute Gasteiger partial charge is 0.368 e. The lowest BCUT2D eigenvalue weighted by atomic mass is 10.1. The normalized spacial score (nSPS) is 12.1. The van der Waals surface area contributed by atoms with Crippen LogP contribution in [0.5, 0.6) is 0 Å². The van der Waals surface area contributed by atoms with E-state index in [1.54, 1.807) is 42.6 Å². The highest BCUT2D eigenvalue weighted by Gasteiger charge is 2.24. The van der Waals surface area contributed by atoms with Gasteiger partial charge in [0.25, 0.3) is 5.91 Å². The van der Waals surface area contributed by atoms with E-state index in [-0.39, 0.29) is 11.9 Å². The fourth-order valence-corrected chi connectivity index (χ4v) is 4.11. The molecule has 1 aliphatic heterocycles. The molecule has 2 aromatic heterocycles. The van der Waals surface area contributed by atoms with E-state index in [2.05, 4.69) is 37.8 Å². The van der Waals surface area contributed by atoms with Crippen molar-refractivity contribution < 1.29 is 14.0 Å². The molecule has 5 rings (SSSR count). The number of fused-ring (bicyclic) bond motifs is 1. The van der Waals surface area contributed by atoms with Gasteiger partial charge in [-0.2, -0.15) is 0 Å². The molecule has 0 unspecified atom stereocenters. The molecular weight excluding hydrogens is 473 g/mol. The molecule has 3 heterocycles. The Morgan fingerprint density at radius 3 is 2.62 bits per heavy atom. The number of carbonyl (C=O) groups excluding carboxylic acids is 2. The van der Waals surface area contributed by atoms with Crippen LogP contribution in [0.25, 0.3) is 11.4 Å². The summed E-state index contributed by atoms with van der Waals surface area (Å²) in [5.41, 5.74) is 10.7. The van der Waals surface area contributed by atoms with E-state index >= 15 is 0 Å². The maximum atomic E-state index is 13.4. The van der Waals surface area contributed by atoms with Gasteiger partial charge in [0, 0.05) is 48.8 Å². The van der Waals surface area contributed by atoms with Crippen molar-refractivity contribution in [2.45, 2.75) is 6.42 Å². The first-order valence-corrected chi connectivity index (χ1v) is 11.4. The Kier molecular flexibility index (Phi) is 6.26. The fraction of sp³-hybridized carbons (Fsp3) is 0.111. The molecule has 37 heavy (non-hydrogen) atoms. The molecular formula is C27H22FN7O2. The number of nitrogens with zero attached hydrogens (tertiary/aromatic N) is 3. The van der Waals surface area contributed by atoms with Crippen LogP contribution < -0.4 is 21.7 Å². The summed E-state index contributed by atoms with van der Waals surface area (Å²) < 4.78 is 15.3. The number of anilines is 3. The second-order valence-corrected chi connectivity index (χ2v) is 8.37. The molecule has 3 amide bonds. The van der Waals surface area contributed by atoms with E-state index in [0.717, 1.165) is 5.69 Å². The van der Waals surface area contributed by atoms with Gasteiger partial charge in [-0.3, -0.25) is 4.79 Å². The average molecular weight is 496 g/mol. The third-order valence-corrected chi connectivity index (χ3v) is 5.84. The van der Waals surface area contributed by atoms with Crippen molar-refractivity contribution in [1.29, 1.82) is 0 Å². The minimum atomic E-state index is -0.512. The number of halogens is 1. The number of nitrogens with one attached hydrogen (secondary N) is 3. The molecule has 0 bridgehead atoms. The predicted octanol–water partition coefficient (Wildman–Crippen LogP) is 3.53. The van der Waals surface area contributed by atoms with Crippen LogP contribution in [-0.2, 0) is 13.5 Å². The summed E-state index contributed by atoms with van der Waals surface area (Å²) in [6.45, 7) is 0.576. The maximum absolute atomic E-state index is 13.4. The SMILES string of the molecule is Cn1c(-c2nc(N)ncc2C#Cc2cccc(NC(=O)Nc3cccc(F)c3)c2)cc2c1CCNC2=O. The fourth-order valence-electron chi connectivity index (χ4n) is 4.11. The molecule has 9 nitrogen and oxygen atoms in total. The number of nitrogens with two attached hydrogens (primary N) is 1. The number of carbonyl (C=O) groups is 2. The number of hydrogen-bond acceptors (Lipinski definition) is 5. The summed E-state index contributed by atoms with van der Waals surface area (Å²) in [7, 11) is 1.88. The number of rotatable bonds is 3. The van der Waals surface area contributed by atoms with Crippen LogP contribution in [0.1, 0.15) is 27.2 Å². The molecule has 0 fully saturated rings. The van der Waals surface area contributed by atoms with Crippen LogP contribution in [0.15, 0.2) is 60.8 Å². The van der Waals surface area contributed by atoms with Gasteiger partial charge in [0.2, 0.25) is 5.95 Å². The second-order valence-electron chi connectivity index (χ2n) is 8.37. The van der Waals surface area contributed by atoms with Crippen molar-refractivity contribution >= 4 is 29.3 Å². The highest BCUT2D eigenvalue weighted by molar-refractivity contribution is 6.00. The van der Waals surface area contributed by atoms with Crippen molar-refractivity contribution in [3.8, 4) is 23.2 Å². The van der Waals surface area contributed by atoms with E-state index in [1.165, 1.54) is 18.2 Å². The van der Waals surface area contributed by atoms with Crippen LogP contribution in [0, 0.1) is 17.7 Å². The summed E-state index contributed by atoms with van der Waals surface area (Å²) in [4.78, 5) is 33.1. The van der Waals surface area contributed by atoms with Crippen LogP contribution in [0.2, 0.25) is 0 Å². The Hall–Kier alpha value is -5.17. The summed E-state index contributed by atoms with van der Waals surface area (Å²) >= 11 is 0. The van der Waals surface area contributed by atoms with E-state index in [1.807, 2.05) is 11.6 Å². The van der Waals surface area contributed by atoms with Crippen molar-refractivity contribution in [3.05, 3.63) is 89.0 Å². The lowest BCUT2D eigenvalue weighted by molar-refractivity contribution is 0.0945. The van der Waals surface area contributed by atoms with E-state index in [4.69, 9.17) is 5.73 Å². The standard InChI is InChI=1S/C27H22FN7O2/c1-35-22-10-11-30-25(36)21(22)14-23(35)24-17(15-31-26(29)34-24)9-8-16-4-2-6-19(12-16)32-27(37)33-20-7-3-5-18(28)13-20/h2-7,12-15H,10-11H2,1H3,(H,30,36)(H2,29,31,34)(H2,32,33,37). The molecule has 0 aliphatic carbocycles. The zero-order valence-electron chi connectivity index (χ0n) is 19.8. The van der Waals surface area contributed by atoms with Crippen molar-refractivity contribution in [1.82, 2.24) is 19.9 Å². The first-order chi connectivity index (χ1) is 17.9. The molecule has 2 aromatic carbocycles. The zero-order chi connectivity index (χ0) is 25.9. The van der Waals surface area contributed by atoms with E-state index in [0.29, 0.717) is 52.4 Å². The average Bonchev–Trinajstić information content (AvgIpc) is 3.21. The predicted molar refractivity (Wildman–Crippen MR) is 138 cm³/mol. The highest BCUT2D eigenvalue weighted by atomic mass is 19.1. The first-order valence-electron chi connectivity index (χ1n) is 11.4. The molecule has 0 saturated carbocycles. The van der Waals surface area contributed by atoms with Gasteiger partial charge in [-0.15, -0.1) is 0 Å². The zero-order valence-corrected chi connectivity index (χ0v) is 19.8. The van der Waals surface area contributed by atoms with Crippen LogP contribution in [-0.4, -0.2) is 33.0 Å². The van der Waals surface area contributed by atoms with E-state index < -0.39 is 11.8 Å². The van der Waals surface area contributed by atoms with Gasteiger partial charge in [0.15, 0.2) is 0 Å². The van der Waals surface area contributed by atoms with Gasteiger partial charge in [-0.25, -0.2) is 19.2 Å². The third kappa shape index (κ3) is 5.11. The smallest absolute Gasteiger partial charge is 0.323 e. The first kappa shape index (κ1) is 23.6. The van der Waals surface area contributed by atoms with E-state index in [9.17, 15) is 14.0 Å². The van der Waals surface area contributed by atoms with Crippen molar-refractivity contribution in [3.63, 3.8) is 0 Å². The Labute approximate surface area is 211 Å².